The Bertz CT molecular complexity index is 725. The first-order chi connectivity index (χ1) is 9.15. The topological polar surface area (TPSA) is 112 Å². The fourth-order valence-electron chi connectivity index (χ4n) is 1.81. The highest BCUT2D eigenvalue weighted by molar-refractivity contribution is 7.54. The fraction of sp³-hybridized carbons (Fsp3) is 0.273. The Hall–Kier alpha value is -1.76. The van der Waals surface area contributed by atoms with E-state index < -0.39 is 25.4 Å². The third kappa shape index (κ3) is 2.33. The number of aryl methyl sites for hydroxylation is 1. The molecule has 7 nitrogen and oxygen atoms in total. The molecule has 1 atom stereocenters. The van der Waals surface area contributed by atoms with E-state index in [2.05, 4.69) is 4.98 Å². The quantitative estimate of drug-likeness (QED) is 0.729. The van der Waals surface area contributed by atoms with Gasteiger partial charge in [-0.3, -0.25) is 4.57 Å². The zero-order valence-corrected chi connectivity index (χ0v) is 11.3. The molecule has 0 bridgehead atoms. The molecule has 0 aliphatic heterocycles. The Morgan fingerprint density at radius 1 is 1.55 bits per heavy atom. The van der Waals surface area contributed by atoms with Crippen LogP contribution in [0.5, 0.6) is 0 Å². The van der Waals surface area contributed by atoms with Gasteiger partial charge in [-0.15, -0.1) is 0 Å². The maximum absolute atomic E-state index is 14.2. The second-order valence-electron chi connectivity index (χ2n) is 4.47. The van der Waals surface area contributed by atoms with Crippen molar-refractivity contribution in [3.05, 3.63) is 35.8 Å². The molecule has 9 heteroatoms. The van der Waals surface area contributed by atoms with Crippen molar-refractivity contribution in [2.24, 2.45) is 0 Å². The van der Waals surface area contributed by atoms with Crippen molar-refractivity contribution in [1.29, 1.82) is 0 Å². The lowest BCUT2D eigenvalue weighted by molar-refractivity contribution is -0.146. The van der Waals surface area contributed by atoms with Crippen LogP contribution in [-0.2, 0) is 15.8 Å². The normalized spacial score (nSPS) is 15.2. The number of pyridine rings is 1. The van der Waals surface area contributed by atoms with E-state index in [1.165, 1.54) is 16.8 Å². The van der Waals surface area contributed by atoms with E-state index >= 15 is 0 Å². The molecule has 0 radical (unpaired) electrons. The van der Waals surface area contributed by atoms with E-state index in [0.29, 0.717) is 5.65 Å². The van der Waals surface area contributed by atoms with Crippen LogP contribution >= 0.6 is 7.60 Å². The van der Waals surface area contributed by atoms with Crippen LogP contribution in [0.3, 0.4) is 0 Å². The average molecular weight is 302 g/mol. The number of imidazole rings is 1. The van der Waals surface area contributed by atoms with Gasteiger partial charge in [0.1, 0.15) is 5.65 Å². The monoisotopic (exact) mass is 302 g/mol. The molecule has 108 valence electrons. The number of hydrogen-bond donors (Lipinski definition) is 3. The molecule has 0 aliphatic carbocycles. The van der Waals surface area contributed by atoms with E-state index in [-0.39, 0.29) is 5.69 Å². The third-order valence-corrected chi connectivity index (χ3v) is 4.22. The summed E-state index contributed by atoms with van der Waals surface area (Å²) in [7, 11) is -5.48. The van der Waals surface area contributed by atoms with Gasteiger partial charge in [0.05, 0.1) is 0 Å². The second kappa shape index (κ2) is 4.66. The van der Waals surface area contributed by atoms with Crippen molar-refractivity contribution in [2.75, 3.05) is 0 Å². The second-order valence-corrected chi connectivity index (χ2v) is 6.26. The predicted octanol–water partition coefficient (Wildman–Crippen LogP) is 1.11. The Morgan fingerprint density at radius 2 is 2.20 bits per heavy atom. The van der Waals surface area contributed by atoms with Crippen LogP contribution in [0.2, 0.25) is 0 Å². The summed E-state index contributed by atoms with van der Waals surface area (Å²) in [6.07, 6.45) is 1.76. The minimum Gasteiger partial charge on any atom is -0.478 e. The van der Waals surface area contributed by atoms with E-state index in [1.54, 1.807) is 12.1 Å². The number of halogens is 1. The molecule has 0 amide bonds. The summed E-state index contributed by atoms with van der Waals surface area (Å²) in [6, 6.07) is 3.37. The molecule has 0 saturated carbocycles. The summed E-state index contributed by atoms with van der Waals surface area (Å²) in [5.74, 6) is -2.20. The van der Waals surface area contributed by atoms with Gasteiger partial charge < -0.3 is 19.3 Å². The van der Waals surface area contributed by atoms with Gasteiger partial charge in [-0.25, -0.2) is 14.2 Å². The van der Waals surface area contributed by atoms with Crippen LogP contribution < -0.4 is 0 Å². The molecule has 20 heavy (non-hydrogen) atoms. The molecule has 2 heterocycles. The number of aromatic nitrogens is 2. The predicted molar refractivity (Wildman–Crippen MR) is 67.2 cm³/mol. The average Bonchev–Trinajstić information content (AvgIpc) is 2.69. The van der Waals surface area contributed by atoms with Crippen molar-refractivity contribution < 1.29 is 28.6 Å². The molecule has 0 aliphatic rings. The lowest BCUT2D eigenvalue weighted by Crippen LogP contribution is -2.36. The van der Waals surface area contributed by atoms with Gasteiger partial charge in [-0.05, 0) is 24.6 Å². The fourth-order valence-corrected chi connectivity index (χ4v) is 2.43. The molecule has 0 aromatic carbocycles. The highest BCUT2D eigenvalue weighted by Gasteiger charge is 2.55. The molecular weight excluding hydrogens is 290 g/mol. The number of carboxylic acids is 1. The summed E-state index contributed by atoms with van der Waals surface area (Å²) < 4.78 is 26.7. The molecule has 0 fully saturated rings. The van der Waals surface area contributed by atoms with Gasteiger partial charge in [0, 0.05) is 24.5 Å². The van der Waals surface area contributed by atoms with Crippen LogP contribution in [-0.4, -0.2) is 35.7 Å². The lowest BCUT2D eigenvalue weighted by Gasteiger charge is -2.21. The standard InChI is InChI=1S/C11H12FN2O5P/c1-7-2-3-14-8(6-13-9(14)4-7)5-11(12,10(15)16)20(17,18)19/h2-4,6H,5H2,1H3,(H,15,16)(H2,17,18,19). The van der Waals surface area contributed by atoms with Crippen LogP contribution in [0.4, 0.5) is 4.39 Å². The van der Waals surface area contributed by atoms with Crippen LogP contribution in [0.1, 0.15) is 11.3 Å². The number of carboxylic acid groups (broad SMARTS) is 1. The summed E-state index contributed by atoms with van der Waals surface area (Å²) in [5.41, 5.74) is 1.40. The Kier molecular flexibility index (Phi) is 3.41. The smallest absolute Gasteiger partial charge is 0.374 e. The summed E-state index contributed by atoms with van der Waals surface area (Å²) in [5, 5.41) is 5.11. The SMILES string of the molecule is Cc1ccn2c(CC(F)(C(=O)O)P(=O)(O)O)cnc2c1. The number of aliphatic carboxylic acids is 1. The third-order valence-electron chi connectivity index (χ3n) is 2.95. The first-order valence-corrected chi connectivity index (χ1v) is 7.17. The van der Waals surface area contributed by atoms with Crippen LogP contribution in [0, 0.1) is 6.92 Å². The highest BCUT2D eigenvalue weighted by Crippen LogP contribution is 2.53. The minimum atomic E-state index is -5.48. The Labute approximate surface area is 112 Å². The van der Waals surface area contributed by atoms with Crippen LogP contribution in [0.25, 0.3) is 5.65 Å². The first kappa shape index (κ1) is 14.6. The van der Waals surface area contributed by atoms with Crippen molar-refractivity contribution in [1.82, 2.24) is 9.38 Å². The van der Waals surface area contributed by atoms with Crippen molar-refractivity contribution in [3.63, 3.8) is 0 Å². The zero-order chi connectivity index (χ0) is 15.1. The number of fused-ring (bicyclic) bond motifs is 1. The van der Waals surface area contributed by atoms with E-state index in [4.69, 9.17) is 14.9 Å². The zero-order valence-electron chi connectivity index (χ0n) is 10.4. The number of rotatable bonds is 4. The molecule has 3 N–H and O–H groups in total. The molecule has 2 aromatic heterocycles. The molecular formula is C11H12FN2O5P. The number of hydrogen-bond acceptors (Lipinski definition) is 3. The molecule has 1 unspecified atom stereocenters. The Morgan fingerprint density at radius 3 is 2.75 bits per heavy atom. The van der Waals surface area contributed by atoms with Gasteiger partial charge in [0.2, 0.25) is 0 Å². The van der Waals surface area contributed by atoms with Gasteiger partial charge in [0.15, 0.2) is 0 Å². The maximum Gasteiger partial charge on any atom is 0.374 e. The van der Waals surface area contributed by atoms with E-state index in [1.807, 2.05) is 6.92 Å². The van der Waals surface area contributed by atoms with Gasteiger partial charge in [-0.2, -0.15) is 0 Å². The van der Waals surface area contributed by atoms with Crippen molar-refractivity contribution in [3.8, 4) is 0 Å². The number of nitrogens with zero attached hydrogens (tertiary/aromatic N) is 2. The highest BCUT2D eigenvalue weighted by atomic mass is 31.2. The van der Waals surface area contributed by atoms with Gasteiger partial charge in [-0.1, -0.05) is 0 Å². The van der Waals surface area contributed by atoms with Gasteiger partial charge >= 0.3 is 19.0 Å². The summed E-state index contributed by atoms with van der Waals surface area (Å²) in [4.78, 5) is 32.7. The van der Waals surface area contributed by atoms with E-state index in [9.17, 15) is 13.8 Å². The first-order valence-electron chi connectivity index (χ1n) is 5.56. The molecule has 2 rings (SSSR count). The minimum absolute atomic E-state index is 0.0632. The maximum atomic E-state index is 14.2. The molecule has 0 spiro atoms. The Balaban J connectivity index is 2.50. The van der Waals surface area contributed by atoms with Crippen molar-refractivity contribution >= 4 is 19.2 Å². The number of carbonyl (C=O) groups is 1. The van der Waals surface area contributed by atoms with Crippen LogP contribution in [0.15, 0.2) is 24.5 Å². The number of alkyl halides is 1. The summed E-state index contributed by atoms with van der Waals surface area (Å²) in [6.45, 7) is 1.82. The molecule has 2 aromatic rings. The molecule has 0 saturated heterocycles. The lowest BCUT2D eigenvalue weighted by atomic mass is 10.2. The largest absolute Gasteiger partial charge is 0.478 e. The van der Waals surface area contributed by atoms with E-state index in [0.717, 1.165) is 5.56 Å². The van der Waals surface area contributed by atoms with Crippen molar-refractivity contribution in [2.45, 2.75) is 18.8 Å². The summed E-state index contributed by atoms with van der Waals surface area (Å²) >= 11 is 0. The van der Waals surface area contributed by atoms with Gasteiger partial charge in [0.25, 0.3) is 0 Å².